The minimum atomic E-state index is 0.114. The third-order valence-corrected chi connectivity index (χ3v) is 4.50. The largest absolute Gasteiger partial charge is 0.370 e. The summed E-state index contributed by atoms with van der Waals surface area (Å²) in [6.07, 6.45) is 2.15. The SMILES string of the molecule is Cc1cccc(NC(N)=NCCC(=O)N2CCN(c3ccccn3)CC2)c1. The number of piperazine rings is 1. The van der Waals surface area contributed by atoms with Gasteiger partial charge in [-0.25, -0.2) is 4.98 Å². The molecular weight excluding hydrogens is 340 g/mol. The molecule has 1 aromatic carbocycles. The topological polar surface area (TPSA) is 86.8 Å². The Hall–Kier alpha value is -3.09. The minimum Gasteiger partial charge on any atom is -0.370 e. The van der Waals surface area contributed by atoms with Gasteiger partial charge in [0.05, 0.1) is 6.54 Å². The monoisotopic (exact) mass is 366 g/mol. The summed E-state index contributed by atoms with van der Waals surface area (Å²) < 4.78 is 0. The standard InChI is InChI=1S/C20H26N6O/c1-16-5-4-6-17(15-16)24-20(21)23-10-8-19(27)26-13-11-25(12-14-26)18-7-2-3-9-22-18/h2-7,9,15H,8,10-14H2,1H3,(H3,21,23,24). The highest BCUT2D eigenvalue weighted by Crippen LogP contribution is 2.13. The number of guanidine groups is 1. The van der Waals surface area contributed by atoms with Gasteiger partial charge in [0.2, 0.25) is 5.91 Å². The highest BCUT2D eigenvalue weighted by atomic mass is 16.2. The van der Waals surface area contributed by atoms with Gasteiger partial charge in [-0.2, -0.15) is 0 Å². The van der Waals surface area contributed by atoms with Crippen molar-refractivity contribution >= 4 is 23.4 Å². The van der Waals surface area contributed by atoms with Gasteiger partial charge in [0.15, 0.2) is 5.96 Å². The number of carbonyl (C=O) groups excluding carboxylic acids is 1. The first-order valence-electron chi connectivity index (χ1n) is 9.19. The van der Waals surface area contributed by atoms with Crippen LogP contribution in [0.2, 0.25) is 0 Å². The van der Waals surface area contributed by atoms with Gasteiger partial charge in [0.1, 0.15) is 5.82 Å². The van der Waals surface area contributed by atoms with Crippen LogP contribution in [0.15, 0.2) is 53.7 Å². The molecule has 0 bridgehead atoms. The van der Waals surface area contributed by atoms with Crippen molar-refractivity contribution in [1.29, 1.82) is 0 Å². The summed E-state index contributed by atoms with van der Waals surface area (Å²) in [5, 5.41) is 3.05. The molecule has 0 radical (unpaired) electrons. The fourth-order valence-corrected chi connectivity index (χ4v) is 3.07. The Kier molecular flexibility index (Phi) is 6.25. The van der Waals surface area contributed by atoms with Gasteiger partial charge in [-0.05, 0) is 36.8 Å². The molecule has 2 heterocycles. The molecule has 7 heteroatoms. The third kappa shape index (κ3) is 5.44. The Morgan fingerprint density at radius 3 is 2.70 bits per heavy atom. The molecule has 142 valence electrons. The summed E-state index contributed by atoms with van der Waals surface area (Å²) in [5.41, 5.74) is 7.95. The van der Waals surface area contributed by atoms with Crippen molar-refractivity contribution in [2.45, 2.75) is 13.3 Å². The van der Waals surface area contributed by atoms with Gasteiger partial charge in [-0.3, -0.25) is 9.79 Å². The summed E-state index contributed by atoms with van der Waals surface area (Å²) in [7, 11) is 0. The maximum absolute atomic E-state index is 12.4. The Labute approximate surface area is 159 Å². The Morgan fingerprint density at radius 2 is 2.00 bits per heavy atom. The number of pyridine rings is 1. The number of nitrogens with zero attached hydrogens (tertiary/aromatic N) is 4. The lowest BCUT2D eigenvalue weighted by molar-refractivity contribution is -0.131. The number of hydrogen-bond acceptors (Lipinski definition) is 4. The molecule has 2 aromatic rings. The Bertz CT molecular complexity index is 784. The van der Waals surface area contributed by atoms with Crippen LogP contribution in [0.5, 0.6) is 0 Å². The first-order chi connectivity index (χ1) is 13.1. The van der Waals surface area contributed by atoms with E-state index in [1.165, 1.54) is 0 Å². The number of amides is 1. The molecule has 1 aromatic heterocycles. The van der Waals surface area contributed by atoms with E-state index in [1.54, 1.807) is 6.20 Å². The average Bonchev–Trinajstić information content (AvgIpc) is 2.69. The number of nitrogens with one attached hydrogen (secondary N) is 1. The van der Waals surface area contributed by atoms with Gasteiger partial charge in [-0.15, -0.1) is 0 Å². The van der Waals surface area contributed by atoms with Crippen molar-refractivity contribution in [3.8, 4) is 0 Å². The zero-order valence-corrected chi connectivity index (χ0v) is 15.6. The molecule has 1 amide bonds. The van der Waals surface area contributed by atoms with Crippen LogP contribution in [0.1, 0.15) is 12.0 Å². The number of rotatable bonds is 5. The molecule has 3 rings (SSSR count). The summed E-state index contributed by atoms with van der Waals surface area (Å²) in [5.74, 6) is 1.40. The fraction of sp³-hybridized carbons (Fsp3) is 0.350. The normalized spacial score (nSPS) is 14.9. The van der Waals surface area contributed by atoms with Gasteiger partial charge < -0.3 is 20.9 Å². The number of nitrogens with two attached hydrogens (primary N) is 1. The lowest BCUT2D eigenvalue weighted by Gasteiger charge is -2.35. The van der Waals surface area contributed by atoms with Crippen LogP contribution in [-0.2, 0) is 4.79 Å². The summed E-state index contributed by atoms with van der Waals surface area (Å²) >= 11 is 0. The fourth-order valence-electron chi connectivity index (χ4n) is 3.07. The number of aliphatic imine (C=N–C) groups is 1. The summed E-state index contributed by atoms with van der Waals surface area (Å²) in [6, 6.07) is 13.8. The quantitative estimate of drug-likeness (QED) is 0.623. The van der Waals surface area contributed by atoms with Crippen LogP contribution < -0.4 is 16.0 Å². The number of anilines is 2. The highest BCUT2D eigenvalue weighted by molar-refractivity contribution is 5.92. The van der Waals surface area contributed by atoms with Gasteiger partial charge in [-0.1, -0.05) is 18.2 Å². The van der Waals surface area contributed by atoms with Gasteiger partial charge in [0, 0.05) is 44.5 Å². The van der Waals surface area contributed by atoms with Crippen LogP contribution in [0.4, 0.5) is 11.5 Å². The predicted octanol–water partition coefficient (Wildman–Crippen LogP) is 1.86. The molecular formula is C20H26N6O. The zero-order valence-electron chi connectivity index (χ0n) is 15.6. The number of carbonyl (C=O) groups is 1. The van der Waals surface area contributed by atoms with Crippen LogP contribution >= 0.6 is 0 Å². The molecule has 7 nitrogen and oxygen atoms in total. The number of aryl methyl sites for hydroxylation is 1. The molecule has 0 atom stereocenters. The first-order valence-corrected chi connectivity index (χ1v) is 9.19. The lowest BCUT2D eigenvalue weighted by Crippen LogP contribution is -2.49. The van der Waals surface area contributed by atoms with E-state index in [1.807, 2.05) is 54.3 Å². The van der Waals surface area contributed by atoms with Gasteiger partial charge >= 0.3 is 0 Å². The van der Waals surface area contributed by atoms with Crippen LogP contribution in [0.25, 0.3) is 0 Å². The maximum atomic E-state index is 12.4. The van der Waals surface area contributed by atoms with Crippen molar-refractivity contribution in [2.75, 3.05) is 42.9 Å². The van der Waals surface area contributed by atoms with Crippen molar-refractivity contribution < 1.29 is 4.79 Å². The van der Waals surface area contributed by atoms with Crippen molar-refractivity contribution in [2.24, 2.45) is 10.7 Å². The van der Waals surface area contributed by atoms with E-state index in [9.17, 15) is 4.79 Å². The van der Waals surface area contributed by atoms with Crippen molar-refractivity contribution in [1.82, 2.24) is 9.88 Å². The molecule has 0 saturated carbocycles. The molecule has 3 N–H and O–H groups in total. The van der Waals surface area contributed by atoms with Crippen molar-refractivity contribution in [3.05, 3.63) is 54.2 Å². The molecule has 1 fully saturated rings. The molecule has 1 saturated heterocycles. The average molecular weight is 366 g/mol. The second kappa shape index (κ2) is 9.02. The number of aromatic nitrogens is 1. The van der Waals surface area contributed by atoms with Crippen LogP contribution in [0, 0.1) is 6.92 Å². The van der Waals surface area contributed by atoms with Gasteiger partial charge in [0.25, 0.3) is 0 Å². The second-order valence-electron chi connectivity index (χ2n) is 6.57. The van der Waals surface area contributed by atoms with E-state index < -0.39 is 0 Å². The Balaban J connectivity index is 1.42. The zero-order chi connectivity index (χ0) is 19.1. The molecule has 27 heavy (non-hydrogen) atoms. The molecule has 1 aliphatic rings. The maximum Gasteiger partial charge on any atom is 0.224 e. The minimum absolute atomic E-state index is 0.114. The van der Waals surface area contributed by atoms with E-state index >= 15 is 0 Å². The number of hydrogen-bond donors (Lipinski definition) is 2. The van der Waals surface area contributed by atoms with Crippen LogP contribution in [-0.4, -0.2) is 54.5 Å². The molecule has 1 aliphatic heterocycles. The lowest BCUT2D eigenvalue weighted by atomic mass is 10.2. The third-order valence-electron chi connectivity index (χ3n) is 4.50. The second-order valence-corrected chi connectivity index (χ2v) is 6.57. The predicted molar refractivity (Wildman–Crippen MR) is 109 cm³/mol. The van der Waals surface area contributed by atoms with Crippen molar-refractivity contribution in [3.63, 3.8) is 0 Å². The van der Waals surface area contributed by atoms with Crippen LogP contribution in [0.3, 0.4) is 0 Å². The number of benzene rings is 1. The summed E-state index contributed by atoms with van der Waals surface area (Å²) in [4.78, 5) is 25.1. The van der Waals surface area contributed by atoms with E-state index in [2.05, 4.69) is 20.2 Å². The van der Waals surface area contributed by atoms with E-state index in [0.717, 1.165) is 30.2 Å². The molecule has 0 unspecified atom stereocenters. The smallest absolute Gasteiger partial charge is 0.224 e. The first kappa shape index (κ1) is 18.7. The van der Waals surface area contributed by atoms with E-state index in [4.69, 9.17) is 5.73 Å². The Morgan fingerprint density at radius 1 is 1.19 bits per heavy atom. The molecule has 0 aliphatic carbocycles. The van der Waals surface area contributed by atoms with E-state index in [-0.39, 0.29) is 5.91 Å². The van der Waals surface area contributed by atoms with E-state index in [0.29, 0.717) is 32.0 Å². The highest BCUT2D eigenvalue weighted by Gasteiger charge is 2.21. The molecule has 0 spiro atoms. The summed E-state index contributed by atoms with van der Waals surface area (Å²) in [6.45, 7) is 5.40.